The van der Waals surface area contributed by atoms with Crippen molar-refractivity contribution in [2.45, 2.75) is 35.6 Å². The van der Waals surface area contributed by atoms with Gasteiger partial charge in [0.05, 0.1) is 12.6 Å². The van der Waals surface area contributed by atoms with E-state index in [2.05, 4.69) is 31.9 Å². The lowest BCUT2D eigenvalue weighted by molar-refractivity contribution is 0.199. The molecule has 2 heterocycles. The van der Waals surface area contributed by atoms with E-state index in [1.54, 1.807) is 13.3 Å². The fourth-order valence-electron chi connectivity index (χ4n) is 1.94. The number of ether oxygens (including phenoxy) is 1. The number of nitrogens with zero attached hydrogens (tertiary/aromatic N) is 5. The second-order valence-corrected chi connectivity index (χ2v) is 5.83. The molecule has 112 valence electrons. The quantitative estimate of drug-likeness (QED) is 0.736. The maximum atomic E-state index is 5.03. The summed E-state index contributed by atoms with van der Waals surface area (Å²) in [5.41, 5.74) is 1.14. The summed E-state index contributed by atoms with van der Waals surface area (Å²) in [7, 11) is 1.70. The molecule has 1 fully saturated rings. The van der Waals surface area contributed by atoms with E-state index in [9.17, 15) is 0 Å². The van der Waals surface area contributed by atoms with Crippen LogP contribution < -0.4 is 5.32 Å². The first-order valence-electron chi connectivity index (χ1n) is 6.97. The fourth-order valence-corrected chi connectivity index (χ4v) is 2.85. The minimum Gasteiger partial charge on any atom is -0.383 e. The number of hydrogen-bond donors (Lipinski definition) is 1. The Morgan fingerprint density at radius 1 is 1.48 bits per heavy atom. The van der Waals surface area contributed by atoms with E-state index in [0.717, 1.165) is 41.7 Å². The number of hydrogen-bond acceptors (Lipinski definition) is 7. The summed E-state index contributed by atoms with van der Waals surface area (Å²) < 4.78 is 6.94. The normalized spacial score (nSPS) is 14.5. The molecule has 0 atom stereocenters. The first kappa shape index (κ1) is 14.4. The number of aromatic nitrogens is 5. The summed E-state index contributed by atoms with van der Waals surface area (Å²) in [4.78, 5) is 4.46. The van der Waals surface area contributed by atoms with Crippen LogP contribution in [-0.2, 0) is 11.3 Å². The molecule has 0 aromatic carbocycles. The molecule has 7 nitrogen and oxygen atoms in total. The Labute approximate surface area is 127 Å². The monoisotopic (exact) mass is 306 g/mol. The Bertz CT molecular complexity index is 586. The third kappa shape index (κ3) is 3.78. The zero-order chi connectivity index (χ0) is 14.5. The van der Waals surface area contributed by atoms with E-state index in [0.29, 0.717) is 12.6 Å². The Morgan fingerprint density at radius 3 is 3.19 bits per heavy atom. The number of tetrazole rings is 1. The van der Waals surface area contributed by atoms with Crippen LogP contribution in [0.4, 0.5) is 0 Å². The van der Waals surface area contributed by atoms with Gasteiger partial charge in [-0.25, -0.2) is 9.67 Å². The molecular weight excluding hydrogens is 288 g/mol. The van der Waals surface area contributed by atoms with Crippen molar-refractivity contribution in [3.05, 3.63) is 23.9 Å². The van der Waals surface area contributed by atoms with Crippen molar-refractivity contribution >= 4 is 11.8 Å². The Kier molecular flexibility index (Phi) is 4.79. The topological polar surface area (TPSA) is 77.8 Å². The third-order valence-corrected chi connectivity index (χ3v) is 4.20. The summed E-state index contributed by atoms with van der Waals surface area (Å²) in [5.74, 6) is 0. The standard InChI is InChI=1S/C13H18N6OS/c1-20-8-7-14-9-10-3-2-6-15-12(10)21-13-16-17-18-19(13)11-4-5-11/h2-3,6,11,14H,4-5,7-9H2,1H3. The van der Waals surface area contributed by atoms with Crippen molar-refractivity contribution in [1.29, 1.82) is 0 Å². The number of pyridine rings is 1. The zero-order valence-corrected chi connectivity index (χ0v) is 12.7. The average molecular weight is 306 g/mol. The second kappa shape index (κ2) is 6.97. The van der Waals surface area contributed by atoms with Crippen molar-refractivity contribution in [2.24, 2.45) is 0 Å². The lowest BCUT2D eigenvalue weighted by Gasteiger charge is -2.08. The summed E-state index contributed by atoms with van der Waals surface area (Å²) in [5, 5.41) is 17.0. The molecule has 0 radical (unpaired) electrons. The van der Waals surface area contributed by atoms with E-state index in [-0.39, 0.29) is 0 Å². The first-order chi connectivity index (χ1) is 10.4. The summed E-state index contributed by atoms with van der Waals surface area (Å²) >= 11 is 1.52. The van der Waals surface area contributed by atoms with Crippen LogP contribution in [0.2, 0.25) is 0 Å². The van der Waals surface area contributed by atoms with Crippen LogP contribution >= 0.6 is 11.8 Å². The maximum Gasteiger partial charge on any atom is 0.215 e. The number of methoxy groups -OCH3 is 1. The molecule has 2 aromatic rings. The van der Waals surface area contributed by atoms with Gasteiger partial charge in [-0.15, -0.1) is 5.10 Å². The summed E-state index contributed by atoms with van der Waals surface area (Å²) in [6.07, 6.45) is 4.12. The van der Waals surface area contributed by atoms with Crippen molar-refractivity contribution in [2.75, 3.05) is 20.3 Å². The highest BCUT2D eigenvalue weighted by Gasteiger charge is 2.28. The maximum absolute atomic E-state index is 5.03. The van der Waals surface area contributed by atoms with E-state index in [1.807, 2.05) is 10.7 Å². The lowest BCUT2D eigenvalue weighted by atomic mass is 10.3. The highest BCUT2D eigenvalue weighted by molar-refractivity contribution is 7.99. The van der Waals surface area contributed by atoms with Crippen LogP contribution in [-0.4, -0.2) is 45.5 Å². The average Bonchev–Trinajstić information content (AvgIpc) is 3.25. The molecule has 1 N–H and O–H groups in total. The first-order valence-corrected chi connectivity index (χ1v) is 7.79. The third-order valence-electron chi connectivity index (χ3n) is 3.19. The van der Waals surface area contributed by atoms with Crippen LogP contribution in [0, 0.1) is 0 Å². The fraction of sp³-hybridized carbons (Fsp3) is 0.538. The van der Waals surface area contributed by atoms with Crippen LogP contribution in [0.15, 0.2) is 28.5 Å². The van der Waals surface area contributed by atoms with E-state index in [1.165, 1.54) is 11.8 Å². The van der Waals surface area contributed by atoms with Gasteiger partial charge in [-0.3, -0.25) is 0 Å². The predicted octanol–water partition coefficient (Wildman–Crippen LogP) is 1.29. The molecule has 8 heteroatoms. The van der Waals surface area contributed by atoms with Crippen molar-refractivity contribution < 1.29 is 4.74 Å². The van der Waals surface area contributed by atoms with Crippen LogP contribution in [0.3, 0.4) is 0 Å². The summed E-state index contributed by atoms with van der Waals surface area (Å²) in [6, 6.07) is 4.48. The van der Waals surface area contributed by atoms with E-state index >= 15 is 0 Å². The van der Waals surface area contributed by atoms with E-state index < -0.39 is 0 Å². The minimum absolute atomic E-state index is 0.467. The van der Waals surface area contributed by atoms with Gasteiger partial charge < -0.3 is 10.1 Å². The van der Waals surface area contributed by atoms with Crippen LogP contribution in [0.25, 0.3) is 0 Å². The molecule has 0 saturated heterocycles. The van der Waals surface area contributed by atoms with Gasteiger partial charge in [0.2, 0.25) is 5.16 Å². The second-order valence-electron chi connectivity index (χ2n) is 4.88. The Hall–Kier alpha value is -1.51. The van der Waals surface area contributed by atoms with Gasteiger partial charge in [0.1, 0.15) is 5.03 Å². The molecule has 1 aliphatic carbocycles. The number of rotatable bonds is 8. The highest BCUT2D eigenvalue weighted by atomic mass is 32.2. The van der Waals surface area contributed by atoms with Crippen LogP contribution in [0.5, 0.6) is 0 Å². The predicted molar refractivity (Wildman–Crippen MR) is 78.0 cm³/mol. The van der Waals surface area contributed by atoms with Crippen molar-refractivity contribution in [3.8, 4) is 0 Å². The lowest BCUT2D eigenvalue weighted by Crippen LogP contribution is -2.19. The molecule has 1 saturated carbocycles. The minimum atomic E-state index is 0.467. The molecule has 2 aromatic heterocycles. The van der Waals surface area contributed by atoms with Gasteiger partial charge >= 0.3 is 0 Å². The molecule has 0 spiro atoms. The Morgan fingerprint density at radius 2 is 2.38 bits per heavy atom. The SMILES string of the molecule is COCCNCc1cccnc1Sc1nnnn1C1CC1. The molecule has 0 bridgehead atoms. The largest absolute Gasteiger partial charge is 0.383 e. The Balaban J connectivity index is 1.68. The van der Waals surface area contributed by atoms with Gasteiger partial charge in [-0.2, -0.15) is 0 Å². The van der Waals surface area contributed by atoms with Crippen molar-refractivity contribution in [3.63, 3.8) is 0 Å². The number of nitrogens with one attached hydrogen (secondary N) is 1. The van der Waals surface area contributed by atoms with Gasteiger partial charge in [0.15, 0.2) is 0 Å². The molecule has 0 unspecified atom stereocenters. The molecule has 21 heavy (non-hydrogen) atoms. The molecule has 0 aliphatic heterocycles. The van der Waals surface area contributed by atoms with E-state index in [4.69, 9.17) is 4.74 Å². The summed E-state index contributed by atoms with van der Waals surface area (Å²) in [6.45, 7) is 2.27. The van der Waals surface area contributed by atoms with Crippen molar-refractivity contribution in [1.82, 2.24) is 30.5 Å². The van der Waals surface area contributed by atoms with Crippen LogP contribution in [0.1, 0.15) is 24.4 Å². The molecule has 1 aliphatic rings. The molecule has 0 amide bonds. The smallest absolute Gasteiger partial charge is 0.215 e. The molecule has 3 rings (SSSR count). The van der Waals surface area contributed by atoms with Gasteiger partial charge in [-0.1, -0.05) is 6.07 Å². The molecular formula is C13H18N6OS. The zero-order valence-electron chi connectivity index (χ0n) is 11.9. The highest BCUT2D eigenvalue weighted by Crippen LogP contribution is 2.38. The van der Waals surface area contributed by atoms with Gasteiger partial charge in [-0.05, 0) is 46.7 Å². The van der Waals surface area contributed by atoms with Gasteiger partial charge in [0, 0.05) is 26.4 Å². The van der Waals surface area contributed by atoms with Gasteiger partial charge in [0.25, 0.3) is 0 Å².